The van der Waals surface area contributed by atoms with Crippen LogP contribution in [0.1, 0.15) is 5.56 Å². The van der Waals surface area contributed by atoms with Gasteiger partial charge in [-0.1, -0.05) is 48.5 Å². The Labute approximate surface area is 110 Å². The number of hydrogen-bond acceptors (Lipinski definition) is 3. The summed E-state index contributed by atoms with van der Waals surface area (Å²) < 4.78 is 0. The Hall–Kier alpha value is -2.53. The quantitative estimate of drug-likeness (QED) is 0.759. The van der Waals surface area contributed by atoms with Crippen LogP contribution in [0.5, 0.6) is 0 Å². The van der Waals surface area contributed by atoms with Crippen LogP contribution in [0.25, 0.3) is 22.5 Å². The number of aryl methyl sites for hydroxylation is 1. The van der Waals surface area contributed by atoms with Gasteiger partial charge in [0.15, 0.2) is 0 Å². The highest BCUT2D eigenvalue weighted by molar-refractivity contribution is 5.82. The minimum atomic E-state index is 0. The largest absolute Gasteiger partial charge is 0.412 e. The fourth-order valence-electron chi connectivity index (χ4n) is 2.09. The van der Waals surface area contributed by atoms with Crippen molar-refractivity contribution >= 4 is 0 Å². The zero-order valence-corrected chi connectivity index (χ0v) is 10.5. The van der Waals surface area contributed by atoms with E-state index in [0.29, 0.717) is 5.82 Å². The normalized spacial score (nSPS) is 9.95. The molecule has 1 heterocycles. The second-order valence-electron chi connectivity index (χ2n) is 4.10. The Morgan fingerprint density at radius 3 is 2.42 bits per heavy atom. The van der Waals surface area contributed by atoms with Crippen LogP contribution in [0, 0.1) is 6.92 Å². The van der Waals surface area contributed by atoms with Crippen LogP contribution in [0.4, 0.5) is 0 Å². The monoisotopic (exact) mass is 254 g/mol. The number of nitrogens with zero attached hydrogens (tertiary/aromatic N) is 3. The van der Waals surface area contributed by atoms with Crippen molar-refractivity contribution in [1.82, 2.24) is 20.6 Å². The van der Waals surface area contributed by atoms with Gasteiger partial charge in [-0.2, -0.15) is 5.21 Å². The molecule has 5 nitrogen and oxygen atoms in total. The standard InChI is InChI=1S/C14H12N4.H2O/c1-10-6-5-9-12(11-7-3-2-4-8-11)13(10)14-15-17-18-16-14;/h2-9H,1H3,(H,15,16,17,18);1H2. The highest BCUT2D eigenvalue weighted by Crippen LogP contribution is 2.32. The van der Waals surface area contributed by atoms with E-state index in [0.717, 1.165) is 22.3 Å². The van der Waals surface area contributed by atoms with Crippen molar-refractivity contribution in [3.63, 3.8) is 0 Å². The van der Waals surface area contributed by atoms with Gasteiger partial charge >= 0.3 is 0 Å². The van der Waals surface area contributed by atoms with E-state index in [2.05, 4.69) is 51.8 Å². The van der Waals surface area contributed by atoms with Crippen LogP contribution in [-0.2, 0) is 0 Å². The Morgan fingerprint density at radius 1 is 0.947 bits per heavy atom. The summed E-state index contributed by atoms with van der Waals surface area (Å²) in [7, 11) is 0. The van der Waals surface area contributed by atoms with Gasteiger partial charge in [-0.15, -0.1) is 10.2 Å². The van der Waals surface area contributed by atoms with E-state index in [1.807, 2.05) is 24.3 Å². The number of aromatic nitrogens is 4. The molecule has 0 spiro atoms. The summed E-state index contributed by atoms with van der Waals surface area (Å²) in [5.41, 5.74) is 4.44. The van der Waals surface area contributed by atoms with E-state index in [9.17, 15) is 0 Å². The Morgan fingerprint density at radius 2 is 1.74 bits per heavy atom. The maximum atomic E-state index is 4.09. The molecule has 0 atom stereocenters. The van der Waals surface area contributed by atoms with Crippen molar-refractivity contribution < 1.29 is 5.48 Å². The van der Waals surface area contributed by atoms with E-state index < -0.39 is 0 Å². The Balaban J connectivity index is 0.00000133. The van der Waals surface area contributed by atoms with Crippen LogP contribution in [0.15, 0.2) is 48.5 Å². The third kappa shape index (κ3) is 2.36. The minimum Gasteiger partial charge on any atom is -0.412 e. The molecule has 0 amide bonds. The number of nitrogens with one attached hydrogen (secondary N) is 1. The second-order valence-corrected chi connectivity index (χ2v) is 4.10. The predicted octanol–water partition coefficient (Wildman–Crippen LogP) is 2.02. The smallest absolute Gasteiger partial charge is 0.205 e. The second kappa shape index (κ2) is 5.41. The summed E-state index contributed by atoms with van der Waals surface area (Å²) >= 11 is 0. The number of aromatic amines is 1. The van der Waals surface area contributed by atoms with E-state index >= 15 is 0 Å². The van der Waals surface area contributed by atoms with Gasteiger partial charge in [0.1, 0.15) is 0 Å². The van der Waals surface area contributed by atoms with Gasteiger partial charge in [0.05, 0.1) is 0 Å². The summed E-state index contributed by atoms with van der Waals surface area (Å²) in [6, 6.07) is 16.4. The maximum Gasteiger partial charge on any atom is 0.205 e. The van der Waals surface area contributed by atoms with Crippen LogP contribution in [0.2, 0.25) is 0 Å². The molecule has 5 heteroatoms. The molecule has 96 valence electrons. The molecule has 0 bridgehead atoms. The fourth-order valence-corrected chi connectivity index (χ4v) is 2.09. The van der Waals surface area contributed by atoms with Crippen LogP contribution in [-0.4, -0.2) is 26.1 Å². The molecule has 2 aromatic carbocycles. The SMILES string of the molecule is Cc1cccc(-c2ccccc2)c1-c1nn[nH]n1.O. The summed E-state index contributed by atoms with van der Waals surface area (Å²) in [5.74, 6) is 0.631. The zero-order chi connectivity index (χ0) is 12.4. The molecule has 0 aliphatic carbocycles. The highest BCUT2D eigenvalue weighted by Gasteiger charge is 2.13. The molecule has 3 N–H and O–H groups in total. The van der Waals surface area contributed by atoms with Gasteiger partial charge in [0, 0.05) is 5.56 Å². The van der Waals surface area contributed by atoms with Crippen LogP contribution < -0.4 is 0 Å². The lowest BCUT2D eigenvalue weighted by atomic mass is 9.95. The lowest BCUT2D eigenvalue weighted by molar-refractivity contribution is 0.824. The zero-order valence-electron chi connectivity index (χ0n) is 10.5. The van der Waals surface area contributed by atoms with Crippen molar-refractivity contribution in [3.05, 3.63) is 54.1 Å². The molecule has 0 aliphatic heterocycles. The minimum absolute atomic E-state index is 0. The van der Waals surface area contributed by atoms with Gasteiger partial charge in [0.2, 0.25) is 5.82 Å². The number of H-pyrrole nitrogens is 1. The molecule has 19 heavy (non-hydrogen) atoms. The highest BCUT2D eigenvalue weighted by atomic mass is 16.0. The predicted molar refractivity (Wildman–Crippen MR) is 73.4 cm³/mol. The molecule has 3 rings (SSSR count). The van der Waals surface area contributed by atoms with Gasteiger partial charge in [-0.25, -0.2) is 0 Å². The lowest BCUT2D eigenvalue weighted by Gasteiger charge is -2.09. The van der Waals surface area contributed by atoms with Crippen molar-refractivity contribution in [1.29, 1.82) is 0 Å². The van der Waals surface area contributed by atoms with E-state index in [1.54, 1.807) is 0 Å². The van der Waals surface area contributed by atoms with E-state index in [1.165, 1.54) is 0 Å². The number of benzene rings is 2. The molecule has 3 aromatic rings. The maximum absolute atomic E-state index is 4.09. The van der Waals surface area contributed by atoms with E-state index in [4.69, 9.17) is 0 Å². The average Bonchev–Trinajstić information content (AvgIpc) is 2.93. The van der Waals surface area contributed by atoms with Gasteiger partial charge in [-0.3, -0.25) is 0 Å². The number of rotatable bonds is 2. The Bertz CT molecular complexity index is 650. The summed E-state index contributed by atoms with van der Waals surface area (Å²) in [4.78, 5) is 0. The molecule has 0 saturated carbocycles. The lowest BCUT2D eigenvalue weighted by Crippen LogP contribution is -1.91. The van der Waals surface area contributed by atoms with Crippen LogP contribution in [0.3, 0.4) is 0 Å². The fraction of sp³-hybridized carbons (Fsp3) is 0.0714. The molecule has 0 aliphatic rings. The topological polar surface area (TPSA) is 86.0 Å². The van der Waals surface area contributed by atoms with Crippen LogP contribution >= 0.6 is 0 Å². The molecule has 0 unspecified atom stereocenters. The molecule has 1 aromatic heterocycles. The van der Waals surface area contributed by atoms with Crippen molar-refractivity contribution in [2.24, 2.45) is 0 Å². The molecule has 0 radical (unpaired) electrons. The third-order valence-corrected chi connectivity index (χ3v) is 2.93. The van der Waals surface area contributed by atoms with Gasteiger partial charge < -0.3 is 5.48 Å². The first kappa shape index (κ1) is 12.9. The summed E-state index contributed by atoms with van der Waals surface area (Å²) in [5, 5.41) is 14.3. The van der Waals surface area contributed by atoms with E-state index in [-0.39, 0.29) is 5.48 Å². The number of tetrazole rings is 1. The average molecular weight is 254 g/mol. The van der Waals surface area contributed by atoms with Gasteiger partial charge in [-0.05, 0) is 28.8 Å². The van der Waals surface area contributed by atoms with Crippen molar-refractivity contribution in [3.8, 4) is 22.5 Å². The molecular formula is C14H14N4O. The summed E-state index contributed by atoms with van der Waals surface area (Å²) in [6.45, 7) is 2.05. The van der Waals surface area contributed by atoms with Crippen molar-refractivity contribution in [2.75, 3.05) is 0 Å². The Kier molecular flexibility index (Phi) is 3.68. The summed E-state index contributed by atoms with van der Waals surface area (Å²) in [6.07, 6.45) is 0. The van der Waals surface area contributed by atoms with Gasteiger partial charge in [0.25, 0.3) is 0 Å². The van der Waals surface area contributed by atoms with Crippen molar-refractivity contribution in [2.45, 2.75) is 6.92 Å². The first-order chi connectivity index (χ1) is 8.86. The molecular weight excluding hydrogens is 240 g/mol. The number of hydrogen-bond donors (Lipinski definition) is 1. The third-order valence-electron chi connectivity index (χ3n) is 2.93. The molecule has 0 fully saturated rings. The first-order valence-electron chi connectivity index (χ1n) is 5.75. The molecule has 0 saturated heterocycles. The first-order valence-corrected chi connectivity index (χ1v) is 5.75.